The van der Waals surface area contributed by atoms with E-state index < -0.39 is 51.4 Å². The molecule has 0 amide bonds. The molecule has 51 heavy (non-hydrogen) atoms. The number of phenols is 3. The maximum atomic E-state index is 15.4. The number of benzene rings is 3. The first-order chi connectivity index (χ1) is 23.2. The summed E-state index contributed by atoms with van der Waals surface area (Å²) in [6, 6.07) is 7.36. The molecule has 3 atom stereocenters. The highest BCUT2D eigenvalue weighted by atomic mass is 16.3. The van der Waals surface area contributed by atoms with Gasteiger partial charge in [0.2, 0.25) is 0 Å². The van der Waals surface area contributed by atoms with E-state index >= 15 is 14.4 Å². The van der Waals surface area contributed by atoms with Gasteiger partial charge < -0.3 is 15.3 Å². The van der Waals surface area contributed by atoms with Crippen molar-refractivity contribution in [2.45, 2.75) is 122 Å². The van der Waals surface area contributed by atoms with Crippen LogP contribution in [0.2, 0.25) is 0 Å². The summed E-state index contributed by atoms with van der Waals surface area (Å²) in [5.41, 5.74) is 1.11. The molecule has 276 valence electrons. The third-order valence-corrected chi connectivity index (χ3v) is 10.4. The van der Waals surface area contributed by atoms with Gasteiger partial charge in [0, 0.05) is 0 Å². The number of rotatable bonds is 6. The second kappa shape index (κ2) is 13.2. The zero-order valence-electron chi connectivity index (χ0n) is 33.1. The fourth-order valence-corrected chi connectivity index (χ4v) is 7.92. The van der Waals surface area contributed by atoms with Gasteiger partial charge in [0.1, 0.15) is 17.2 Å². The zero-order chi connectivity index (χ0) is 38.9. The van der Waals surface area contributed by atoms with Crippen molar-refractivity contribution in [3.05, 3.63) is 118 Å². The number of aromatic nitrogens is 3. The molecule has 0 saturated heterocycles. The van der Waals surface area contributed by atoms with E-state index in [1.165, 1.54) is 13.7 Å². The lowest BCUT2D eigenvalue weighted by molar-refractivity contribution is 0.198. The van der Waals surface area contributed by atoms with Crippen LogP contribution in [0.5, 0.6) is 17.2 Å². The van der Waals surface area contributed by atoms with Gasteiger partial charge in [-0.25, -0.2) is 28.1 Å². The van der Waals surface area contributed by atoms with Crippen LogP contribution in [0.3, 0.4) is 0 Å². The van der Waals surface area contributed by atoms with Crippen molar-refractivity contribution in [1.82, 2.24) is 13.7 Å². The van der Waals surface area contributed by atoms with Crippen LogP contribution >= 0.6 is 0 Å². The molecule has 0 radical (unpaired) electrons. The van der Waals surface area contributed by atoms with E-state index in [1.54, 1.807) is 57.2 Å². The quantitative estimate of drug-likeness (QED) is 0.187. The molecule has 1 aromatic heterocycles. The standard InChI is InChI=1S/C42H57N3O6/c1-22-16-19-28(46)25(4)31(22)34(40(7,8)9)43-37(49)44(35(41(10,11)12)32-23(2)17-20-29(47)26(32)5)39(51)45(38(43)50)36(42(13,14)15)33-24(3)18-21-30(48)27(33)6/h16-21,34-36,46-48H,1-15H3. The summed E-state index contributed by atoms with van der Waals surface area (Å²) >= 11 is 0. The van der Waals surface area contributed by atoms with Crippen LogP contribution in [0.1, 0.15) is 131 Å². The lowest BCUT2D eigenvalue weighted by Gasteiger charge is -2.40. The summed E-state index contributed by atoms with van der Waals surface area (Å²) in [5, 5.41) is 32.9. The van der Waals surface area contributed by atoms with Gasteiger partial charge in [-0.05, 0) is 126 Å². The van der Waals surface area contributed by atoms with Crippen LogP contribution in [0.25, 0.3) is 0 Å². The molecule has 3 aromatic carbocycles. The van der Waals surface area contributed by atoms with Crippen molar-refractivity contribution in [2.75, 3.05) is 0 Å². The molecular formula is C42H57N3O6. The van der Waals surface area contributed by atoms with Gasteiger partial charge in [-0.2, -0.15) is 0 Å². The van der Waals surface area contributed by atoms with Crippen molar-refractivity contribution in [3.63, 3.8) is 0 Å². The van der Waals surface area contributed by atoms with E-state index in [-0.39, 0.29) is 17.2 Å². The maximum absolute atomic E-state index is 15.4. The highest BCUT2D eigenvalue weighted by Crippen LogP contribution is 2.44. The first-order valence-corrected chi connectivity index (χ1v) is 17.6. The van der Waals surface area contributed by atoms with Gasteiger partial charge in [0.25, 0.3) is 0 Å². The largest absolute Gasteiger partial charge is 0.508 e. The molecule has 3 unspecified atom stereocenters. The molecule has 3 N–H and O–H groups in total. The summed E-state index contributed by atoms with van der Waals surface area (Å²) in [5.74, 6) is 0.0936. The van der Waals surface area contributed by atoms with Crippen molar-refractivity contribution in [2.24, 2.45) is 16.2 Å². The van der Waals surface area contributed by atoms with Gasteiger partial charge in [0.05, 0.1) is 18.1 Å². The van der Waals surface area contributed by atoms with E-state index in [2.05, 4.69) is 0 Å². The average molecular weight is 700 g/mol. The fraction of sp³-hybridized carbons (Fsp3) is 0.500. The molecular weight excluding hydrogens is 642 g/mol. The van der Waals surface area contributed by atoms with Crippen molar-refractivity contribution < 1.29 is 15.3 Å². The molecule has 0 aliphatic rings. The van der Waals surface area contributed by atoms with Crippen molar-refractivity contribution in [1.29, 1.82) is 0 Å². The number of phenolic OH excluding ortho intramolecular Hbond substituents is 3. The Morgan fingerprint density at radius 3 is 0.784 bits per heavy atom. The Kier molecular flexibility index (Phi) is 10.2. The number of nitrogens with zero attached hydrogens (tertiary/aromatic N) is 3. The second-order valence-corrected chi connectivity index (χ2v) is 17.6. The summed E-state index contributed by atoms with van der Waals surface area (Å²) in [4.78, 5) is 46.3. The smallest absolute Gasteiger partial charge is 0.337 e. The molecule has 0 spiro atoms. The number of hydrogen-bond acceptors (Lipinski definition) is 6. The van der Waals surface area contributed by atoms with Crippen LogP contribution in [-0.4, -0.2) is 29.0 Å². The molecule has 0 aliphatic heterocycles. The lowest BCUT2D eigenvalue weighted by atomic mass is 9.77. The predicted molar refractivity (Wildman–Crippen MR) is 205 cm³/mol. The molecule has 9 nitrogen and oxygen atoms in total. The monoisotopic (exact) mass is 699 g/mol. The molecule has 0 aliphatic carbocycles. The molecule has 4 aromatic rings. The Balaban J connectivity index is 2.44. The van der Waals surface area contributed by atoms with E-state index in [0.717, 1.165) is 16.7 Å². The minimum Gasteiger partial charge on any atom is -0.508 e. The third-order valence-electron chi connectivity index (χ3n) is 10.4. The van der Waals surface area contributed by atoms with E-state index in [1.807, 2.05) is 83.1 Å². The van der Waals surface area contributed by atoms with E-state index in [9.17, 15) is 15.3 Å². The molecule has 0 fully saturated rings. The molecule has 9 heteroatoms. The minimum atomic E-state index is -0.915. The molecule has 0 bridgehead atoms. The van der Waals surface area contributed by atoms with Gasteiger partial charge in [-0.1, -0.05) is 80.5 Å². The molecule has 0 saturated carbocycles. The number of aromatic hydroxyl groups is 3. The highest BCUT2D eigenvalue weighted by Gasteiger charge is 2.42. The highest BCUT2D eigenvalue weighted by molar-refractivity contribution is 5.48. The summed E-state index contributed by atoms with van der Waals surface area (Å²) in [7, 11) is 0. The van der Waals surface area contributed by atoms with Gasteiger partial charge in [-0.15, -0.1) is 0 Å². The Morgan fingerprint density at radius 1 is 0.412 bits per heavy atom. The molecule has 4 rings (SSSR count). The van der Waals surface area contributed by atoms with Crippen LogP contribution in [0, 0.1) is 57.8 Å². The van der Waals surface area contributed by atoms with Crippen LogP contribution in [-0.2, 0) is 0 Å². The SMILES string of the molecule is Cc1ccc(O)c(C)c1C(n1c(=O)n(C(c2c(C)ccc(O)c2C)C(C)(C)C)c(=O)n(C(c2c(C)ccc(O)c2C)C(C)(C)C)c1=O)C(C)(C)C. The second-order valence-electron chi connectivity index (χ2n) is 17.6. The van der Waals surface area contributed by atoms with E-state index in [0.29, 0.717) is 33.4 Å². The van der Waals surface area contributed by atoms with Crippen LogP contribution < -0.4 is 17.1 Å². The fourth-order valence-electron chi connectivity index (χ4n) is 7.92. The normalized spacial score (nSPS) is 14.4. The molecule has 1 heterocycles. The summed E-state index contributed by atoms with van der Waals surface area (Å²) < 4.78 is 3.61. The summed E-state index contributed by atoms with van der Waals surface area (Å²) in [6.45, 7) is 28.3. The van der Waals surface area contributed by atoms with Crippen molar-refractivity contribution in [3.8, 4) is 17.2 Å². The first kappa shape index (κ1) is 39.3. The Hall–Kier alpha value is -4.53. The minimum absolute atomic E-state index is 0.0312. The third kappa shape index (κ3) is 6.79. The predicted octanol–water partition coefficient (Wildman–Crippen LogP) is 8.05. The van der Waals surface area contributed by atoms with Gasteiger partial charge in [0.15, 0.2) is 0 Å². The topological polar surface area (TPSA) is 127 Å². The average Bonchev–Trinajstić information content (AvgIpc) is 2.99. The van der Waals surface area contributed by atoms with E-state index in [4.69, 9.17) is 0 Å². The van der Waals surface area contributed by atoms with Gasteiger partial charge >= 0.3 is 17.1 Å². The first-order valence-electron chi connectivity index (χ1n) is 17.6. The Morgan fingerprint density at radius 2 is 0.608 bits per heavy atom. The maximum Gasteiger partial charge on any atom is 0.337 e. The number of hydrogen-bond donors (Lipinski definition) is 3. The Labute approximate surface area is 301 Å². The lowest BCUT2D eigenvalue weighted by Crippen LogP contribution is -2.61. The zero-order valence-corrected chi connectivity index (χ0v) is 33.1. The summed E-state index contributed by atoms with van der Waals surface area (Å²) in [6.07, 6.45) is 0. The van der Waals surface area contributed by atoms with Crippen LogP contribution in [0.4, 0.5) is 0 Å². The van der Waals surface area contributed by atoms with Crippen molar-refractivity contribution >= 4 is 0 Å². The Bertz CT molecular complexity index is 1910. The van der Waals surface area contributed by atoms with Gasteiger partial charge in [-0.3, -0.25) is 0 Å². The van der Waals surface area contributed by atoms with Crippen LogP contribution in [0.15, 0.2) is 50.8 Å². The number of aryl methyl sites for hydroxylation is 3.